The number of benzene rings is 1. The number of halogens is 1. The zero-order valence-electron chi connectivity index (χ0n) is 8.47. The summed E-state index contributed by atoms with van der Waals surface area (Å²) in [5.41, 5.74) is 12.1. The molecule has 0 saturated heterocycles. The normalized spacial score (nSPS) is 11.4. The molecule has 0 aliphatic heterocycles. The van der Waals surface area contributed by atoms with E-state index in [0.717, 1.165) is 5.56 Å². The van der Waals surface area contributed by atoms with Gasteiger partial charge >= 0.3 is 5.97 Å². The maximum Gasteiger partial charge on any atom is 0.308 e. The second kappa shape index (κ2) is 6.40. The molecule has 0 bridgehead atoms. The molecule has 0 fully saturated rings. The van der Waals surface area contributed by atoms with E-state index in [2.05, 4.69) is 0 Å². The second-order valence-corrected chi connectivity index (χ2v) is 3.00. The van der Waals surface area contributed by atoms with E-state index in [-0.39, 0.29) is 24.4 Å². The number of ether oxygens (including phenoxy) is 1. The van der Waals surface area contributed by atoms with Gasteiger partial charge in [0.05, 0.1) is 0 Å². The van der Waals surface area contributed by atoms with Gasteiger partial charge in [-0.2, -0.15) is 0 Å². The molecule has 4 nitrogen and oxygen atoms in total. The minimum atomic E-state index is -0.333. The molecule has 84 valence electrons. The third kappa shape index (κ3) is 4.29. The second-order valence-electron chi connectivity index (χ2n) is 3.00. The Morgan fingerprint density at radius 3 is 2.33 bits per heavy atom. The predicted molar refractivity (Wildman–Crippen MR) is 61.0 cm³/mol. The van der Waals surface area contributed by atoms with Crippen LogP contribution in [0.3, 0.4) is 0 Å². The first kappa shape index (κ1) is 13.9. The Labute approximate surface area is 95.0 Å². The fraction of sp³-hybridized carbons (Fsp3) is 0.300. The Morgan fingerprint density at radius 1 is 1.40 bits per heavy atom. The monoisotopic (exact) mass is 230 g/mol. The Bertz CT molecular complexity index is 314. The summed E-state index contributed by atoms with van der Waals surface area (Å²) >= 11 is 0. The van der Waals surface area contributed by atoms with Crippen molar-refractivity contribution in [2.45, 2.75) is 13.0 Å². The summed E-state index contributed by atoms with van der Waals surface area (Å²) in [5, 5.41) is 0. The van der Waals surface area contributed by atoms with Gasteiger partial charge in [0.2, 0.25) is 0 Å². The van der Waals surface area contributed by atoms with Gasteiger partial charge in [-0.1, -0.05) is 12.1 Å². The molecular formula is C10H15ClN2O2. The van der Waals surface area contributed by atoms with Crippen molar-refractivity contribution in [1.82, 2.24) is 0 Å². The van der Waals surface area contributed by atoms with Crippen molar-refractivity contribution in [2.75, 3.05) is 6.54 Å². The van der Waals surface area contributed by atoms with Crippen LogP contribution in [0.25, 0.3) is 0 Å². The van der Waals surface area contributed by atoms with Crippen molar-refractivity contribution < 1.29 is 9.53 Å². The third-order valence-electron chi connectivity index (χ3n) is 1.82. The topological polar surface area (TPSA) is 78.3 Å². The average Bonchev–Trinajstić information content (AvgIpc) is 2.17. The van der Waals surface area contributed by atoms with Gasteiger partial charge in [-0.25, -0.2) is 0 Å². The molecule has 0 unspecified atom stereocenters. The molecule has 0 radical (unpaired) electrons. The fourth-order valence-corrected chi connectivity index (χ4v) is 1.09. The number of hydrogen-bond acceptors (Lipinski definition) is 4. The molecule has 0 amide bonds. The largest absolute Gasteiger partial charge is 0.427 e. The number of hydrogen-bond donors (Lipinski definition) is 2. The summed E-state index contributed by atoms with van der Waals surface area (Å²) in [6, 6.07) is 6.84. The minimum Gasteiger partial charge on any atom is -0.427 e. The van der Waals surface area contributed by atoms with Crippen molar-refractivity contribution in [3.05, 3.63) is 29.8 Å². The summed E-state index contributed by atoms with van der Waals surface area (Å²) < 4.78 is 4.87. The molecule has 0 heterocycles. The van der Waals surface area contributed by atoms with E-state index < -0.39 is 0 Å². The zero-order chi connectivity index (χ0) is 10.6. The van der Waals surface area contributed by atoms with Crippen LogP contribution in [0.4, 0.5) is 0 Å². The highest BCUT2D eigenvalue weighted by Gasteiger charge is 2.03. The molecule has 1 aromatic rings. The van der Waals surface area contributed by atoms with Crippen LogP contribution in [-0.4, -0.2) is 12.5 Å². The van der Waals surface area contributed by atoms with E-state index in [1.807, 2.05) is 0 Å². The van der Waals surface area contributed by atoms with E-state index in [1.165, 1.54) is 6.92 Å². The highest BCUT2D eigenvalue weighted by atomic mass is 35.5. The molecule has 0 saturated carbocycles. The number of carbonyl (C=O) groups excluding carboxylic acids is 1. The van der Waals surface area contributed by atoms with Crippen LogP contribution in [0.1, 0.15) is 18.5 Å². The lowest BCUT2D eigenvalue weighted by atomic mass is 10.1. The van der Waals surface area contributed by atoms with Crippen LogP contribution in [0.15, 0.2) is 24.3 Å². The molecule has 1 atom stereocenters. The average molecular weight is 231 g/mol. The third-order valence-corrected chi connectivity index (χ3v) is 1.82. The summed E-state index contributed by atoms with van der Waals surface area (Å²) in [6.07, 6.45) is 0. The van der Waals surface area contributed by atoms with Gasteiger partial charge in [0, 0.05) is 19.5 Å². The van der Waals surface area contributed by atoms with Gasteiger partial charge in [-0.3, -0.25) is 4.79 Å². The maximum absolute atomic E-state index is 10.6. The number of esters is 1. The Balaban J connectivity index is 0.00000196. The van der Waals surface area contributed by atoms with E-state index in [0.29, 0.717) is 12.3 Å². The van der Waals surface area contributed by atoms with E-state index in [4.69, 9.17) is 16.2 Å². The van der Waals surface area contributed by atoms with Crippen LogP contribution in [0.5, 0.6) is 5.75 Å². The van der Waals surface area contributed by atoms with Crippen molar-refractivity contribution in [1.29, 1.82) is 0 Å². The summed E-state index contributed by atoms with van der Waals surface area (Å²) in [6.45, 7) is 1.76. The Kier molecular flexibility index (Phi) is 5.93. The molecule has 4 N–H and O–H groups in total. The highest BCUT2D eigenvalue weighted by molar-refractivity contribution is 5.85. The molecule has 5 heteroatoms. The van der Waals surface area contributed by atoms with Gasteiger partial charge < -0.3 is 16.2 Å². The molecule has 0 aliphatic carbocycles. The van der Waals surface area contributed by atoms with Crippen LogP contribution >= 0.6 is 12.4 Å². The lowest BCUT2D eigenvalue weighted by Gasteiger charge is -2.09. The SMILES string of the molecule is CC(=O)Oc1ccc([C@@H](N)CN)cc1.Cl. The van der Waals surface area contributed by atoms with E-state index in [1.54, 1.807) is 24.3 Å². The molecule has 0 aliphatic rings. The fourth-order valence-electron chi connectivity index (χ4n) is 1.09. The van der Waals surface area contributed by atoms with Gasteiger partial charge in [0.25, 0.3) is 0 Å². The minimum absolute atomic E-state index is 0. The number of rotatable bonds is 3. The van der Waals surface area contributed by atoms with E-state index >= 15 is 0 Å². The molecular weight excluding hydrogens is 216 g/mol. The molecule has 1 rings (SSSR count). The Morgan fingerprint density at radius 2 is 1.93 bits per heavy atom. The standard InChI is InChI=1S/C10H14N2O2.ClH/c1-7(13)14-9-4-2-8(3-5-9)10(12)6-11;/h2-5,10H,6,11-12H2,1H3;1H/t10-;/m0./s1. The number of nitrogens with two attached hydrogens (primary N) is 2. The first-order valence-corrected chi connectivity index (χ1v) is 4.37. The van der Waals surface area contributed by atoms with Crippen molar-refractivity contribution in [3.8, 4) is 5.75 Å². The van der Waals surface area contributed by atoms with Gasteiger partial charge in [0.15, 0.2) is 0 Å². The Hall–Kier alpha value is -1.10. The summed E-state index contributed by atoms with van der Waals surface area (Å²) in [5.74, 6) is 0.186. The molecule has 1 aromatic carbocycles. The lowest BCUT2D eigenvalue weighted by Crippen LogP contribution is -2.20. The molecule has 0 aromatic heterocycles. The highest BCUT2D eigenvalue weighted by Crippen LogP contribution is 2.15. The van der Waals surface area contributed by atoms with Crippen LogP contribution in [-0.2, 0) is 4.79 Å². The van der Waals surface area contributed by atoms with Gasteiger partial charge in [-0.05, 0) is 17.7 Å². The summed E-state index contributed by atoms with van der Waals surface area (Å²) in [4.78, 5) is 10.6. The van der Waals surface area contributed by atoms with E-state index in [9.17, 15) is 4.79 Å². The smallest absolute Gasteiger partial charge is 0.308 e. The van der Waals surface area contributed by atoms with Crippen LogP contribution in [0, 0.1) is 0 Å². The summed E-state index contributed by atoms with van der Waals surface area (Å²) in [7, 11) is 0. The lowest BCUT2D eigenvalue weighted by molar-refractivity contribution is -0.131. The predicted octanol–water partition coefficient (Wildman–Crippen LogP) is 0.992. The molecule has 0 spiro atoms. The first-order valence-electron chi connectivity index (χ1n) is 4.37. The molecule has 15 heavy (non-hydrogen) atoms. The van der Waals surface area contributed by atoms with Crippen molar-refractivity contribution in [3.63, 3.8) is 0 Å². The van der Waals surface area contributed by atoms with Crippen LogP contribution in [0.2, 0.25) is 0 Å². The first-order chi connectivity index (χ1) is 6.63. The maximum atomic E-state index is 10.6. The van der Waals surface area contributed by atoms with Crippen LogP contribution < -0.4 is 16.2 Å². The number of carbonyl (C=O) groups is 1. The quantitative estimate of drug-likeness (QED) is 0.600. The van der Waals surface area contributed by atoms with Crippen molar-refractivity contribution >= 4 is 18.4 Å². The van der Waals surface area contributed by atoms with Crippen molar-refractivity contribution in [2.24, 2.45) is 11.5 Å². The van der Waals surface area contributed by atoms with Gasteiger partial charge in [-0.15, -0.1) is 12.4 Å². The van der Waals surface area contributed by atoms with Gasteiger partial charge in [0.1, 0.15) is 5.75 Å². The zero-order valence-corrected chi connectivity index (χ0v) is 9.29.